The largest absolute Gasteiger partial charge is 0.348 e. The van der Waals surface area contributed by atoms with E-state index in [1.165, 1.54) is 11.8 Å². The number of amides is 1. The number of anilines is 1. The third-order valence-electron chi connectivity index (χ3n) is 5.49. The fourth-order valence-corrected chi connectivity index (χ4v) is 6.42. The Bertz CT molecular complexity index is 943. The summed E-state index contributed by atoms with van der Waals surface area (Å²) < 4.78 is 38.8. The van der Waals surface area contributed by atoms with Crippen molar-refractivity contribution in [3.8, 4) is 0 Å². The van der Waals surface area contributed by atoms with E-state index in [9.17, 15) is 13.2 Å². The molecule has 0 spiro atoms. The average molecular weight is 424 g/mol. The van der Waals surface area contributed by atoms with E-state index in [4.69, 9.17) is 9.47 Å². The molecule has 0 N–H and O–H groups in total. The fraction of sp³-hybridized carbons (Fsp3) is 0.556. The molecule has 1 unspecified atom stereocenters. The first-order chi connectivity index (χ1) is 13.5. The molecule has 1 atom stereocenters. The van der Waals surface area contributed by atoms with E-state index >= 15 is 0 Å². The molecule has 0 radical (unpaired) electrons. The highest BCUT2D eigenvalue weighted by Crippen LogP contribution is 2.42. The van der Waals surface area contributed by atoms with Crippen molar-refractivity contribution in [2.45, 2.75) is 36.5 Å². The number of nitrogens with zero attached hydrogens (tertiary/aromatic N) is 3. The maximum absolute atomic E-state index is 13.3. The molecule has 2 saturated heterocycles. The molecule has 4 aliphatic rings. The van der Waals surface area contributed by atoms with Crippen molar-refractivity contribution in [3.63, 3.8) is 0 Å². The third kappa shape index (κ3) is 3.22. The summed E-state index contributed by atoms with van der Waals surface area (Å²) in [4.78, 5) is 17.9. The number of carbonyl (C=O) groups excluding carboxylic acids is 1. The summed E-state index contributed by atoms with van der Waals surface area (Å²) in [6.45, 7) is 2.21. The Balaban J connectivity index is 1.41. The van der Waals surface area contributed by atoms with Crippen LogP contribution in [0.1, 0.15) is 29.6 Å². The third-order valence-corrected chi connectivity index (χ3v) is 7.80. The van der Waals surface area contributed by atoms with Gasteiger partial charge >= 0.3 is 0 Å². The molecule has 0 saturated carbocycles. The van der Waals surface area contributed by atoms with E-state index in [1.54, 1.807) is 0 Å². The summed E-state index contributed by atoms with van der Waals surface area (Å²) in [7, 11) is -3.39. The topological polar surface area (TPSA) is 88.5 Å². The highest BCUT2D eigenvalue weighted by molar-refractivity contribution is 8.15. The van der Waals surface area contributed by atoms with Crippen molar-refractivity contribution >= 4 is 38.5 Å². The SMILES string of the molecule is O=C(c1ccc2c(c1)SC1=NS(=O)(=O)CCN12)N1CCCCC1C1OCCO1. The number of sulfonamides is 1. The highest BCUT2D eigenvalue weighted by atomic mass is 32.2. The summed E-state index contributed by atoms with van der Waals surface area (Å²) in [6, 6.07) is 5.48. The van der Waals surface area contributed by atoms with Crippen molar-refractivity contribution in [3.05, 3.63) is 23.8 Å². The zero-order valence-corrected chi connectivity index (χ0v) is 16.9. The van der Waals surface area contributed by atoms with Crippen molar-refractivity contribution in [1.82, 2.24) is 4.90 Å². The zero-order valence-electron chi connectivity index (χ0n) is 15.2. The molecule has 2 fully saturated rings. The summed E-state index contributed by atoms with van der Waals surface area (Å²) in [5.41, 5.74) is 1.51. The molecule has 150 valence electrons. The van der Waals surface area contributed by atoms with Crippen LogP contribution in [0.25, 0.3) is 0 Å². The van der Waals surface area contributed by atoms with Crippen LogP contribution in [0.4, 0.5) is 5.69 Å². The van der Waals surface area contributed by atoms with E-state index in [0.717, 1.165) is 29.8 Å². The molecule has 8 nitrogen and oxygen atoms in total. The van der Waals surface area contributed by atoms with Gasteiger partial charge in [0.2, 0.25) is 0 Å². The van der Waals surface area contributed by atoms with Crippen LogP contribution in [-0.2, 0) is 19.5 Å². The molecule has 28 heavy (non-hydrogen) atoms. The van der Waals surface area contributed by atoms with E-state index in [2.05, 4.69) is 4.40 Å². The van der Waals surface area contributed by atoms with E-state index in [-0.39, 0.29) is 24.0 Å². The van der Waals surface area contributed by atoms with Gasteiger partial charge in [0.15, 0.2) is 11.5 Å². The van der Waals surface area contributed by atoms with Gasteiger partial charge in [-0.1, -0.05) is 0 Å². The number of benzene rings is 1. The Labute approximate surface area is 167 Å². The number of amidine groups is 1. The van der Waals surface area contributed by atoms with Crippen LogP contribution in [0.15, 0.2) is 27.5 Å². The minimum absolute atomic E-state index is 0.00796. The van der Waals surface area contributed by atoms with Gasteiger partial charge in [-0.2, -0.15) is 0 Å². The van der Waals surface area contributed by atoms with Gasteiger partial charge < -0.3 is 19.3 Å². The van der Waals surface area contributed by atoms with Gasteiger partial charge in [-0.3, -0.25) is 4.79 Å². The standard InChI is InChI=1S/C18H21N3O5S2/c22-16(20-6-2-1-3-14(20)17-25-8-9-26-17)12-4-5-13-15(11-12)27-18-19-28(23,24)10-7-21(13)18/h4-5,11,14,17H,1-3,6-10H2. The van der Waals surface area contributed by atoms with Crippen molar-refractivity contribution in [2.24, 2.45) is 4.40 Å². The van der Waals surface area contributed by atoms with Gasteiger partial charge in [-0.05, 0) is 49.2 Å². The maximum Gasteiger partial charge on any atom is 0.257 e. The van der Waals surface area contributed by atoms with E-state index in [1.807, 2.05) is 28.0 Å². The van der Waals surface area contributed by atoms with Crippen LogP contribution in [0, 0.1) is 0 Å². The van der Waals surface area contributed by atoms with Gasteiger partial charge in [-0.15, -0.1) is 4.40 Å². The molecule has 0 aromatic heterocycles. The zero-order chi connectivity index (χ0) is 19.3. The minimum Gasteiger partial charge on any atom is -0.348 e. The molecule has 0 aliphatic carbocycles. The maximum atomic E-state index is 13.3. The number of likely N-dealkylation sites (tertiary alicyclic amines) is 1. The van der Waals surface area contributed by atoms with Crippen LogP contribution in [-0.4, -0.2) is 68.8 Å². The number of hydrogen-bond donors (Lipinski definition) is 0. The summed E-state index contributed by atoms with van der Waals surface area (Å²) in [5, 5.41) is 0.467. The summed E-state index contributed by atoms with van der Waals surface area (Å²) in [5.74, 6) is -0.0276. The molecule has 10 heteroatoms. The highest BCUT2D eigenvalue weighted by Gasteiger charge is 2.38. The van der Waals surface area contributed by atoms with Gasteiger partial charge in [0.05, 0.1) is 30.7 Å². The van der Waals surface area contributed by atoms with Crippen molar-refractivity contribution in [2.75, 3.05) is 37.0 Å². The minimum atomic E-state index is -3.39. The monoisotopic (exact) mass is 423 g/mol. The Kier molecular flexibility index (Phi) is 4.61. The molecular formula is C18H21N3O5S2. The lowest BCUT2D eigenvalue weighted by molar-refractivity contribution is -0.100. The van der Waals surface area contributed by atoms with Crippen LogP contribution in [0.2, 0.25) is 0 Å². The predicted octanol–water partition coefficient (Wildman–Crippen LogP) is 1.67. The number of rotatable bonds is 2. The number of piperidine rings is 1. The summed E-state index contributed by atoms with van der Waals surface area (Å²) >= 11 is 1.30. The lowest BCUT2D eigenvalue weighted by Gasteiger charge is -2.38. The summed E-state index contributed by atoms with van der Waals surface area (Å²) in [6.07, 6.45) is 2.55. The van der Waals surface area contributed by atoms with Crippen LogP contribution in [0.5, 0.6) is 0 Å². The Morgan fingerprint density at radius 3 is 2.82 bits per heavy atom. The van der Waals surface area contributed by atoms with Crippen molar-refractivity contribution < 1.29 is 22.7 Å². The average Bonchev–Trinajstić information content (AvgIpc) is 3.33. The Morgan fingerprint density at radius 2 is 2.00 bits per heavy atom. The van der Waals surface area contributed by atoms with Gasteiger partial charge in [0.25, 0.3) is 15.9 Å². The first kappa shape index (κ1) is 18.4. The Morgan fingerprint density at radius 1 is 1.18 bits per heavy atom. The number of ether oxygens (including phenoxy) is 2. The Hall–Kier alpha value is -1.62. The number of carbonyl (C=O) groups is 1. The van der Waals surface area contributed by atoms with Crippen LogP contribution < -0.4 is 4.90 Å². The number of thioether (sulfide) groups is 1. The quantitative estimate of drug-likeness (QED) is 0.715. The second-order valence-corrected chi connectivity index (χ2v) is 10.0. The number of hydrogen-bond acceptors (Lipinski definition) is 7. The van der Waals surface area contributed by atoms with Gasteiger partial charge in [-0.25, -0.2) is 8.42 Å². The van der Waals surface area contributed by atoms with Gasteiger partial charge in [0.1, 0.15) is 0 Å². The predicted molar refractivity (Wildman–Crippen MR) is 105 cm³/mol. The molecule has 4 heterocycles. The molecular weight excluding hydrogens is 402 g/mol. The molecule has 1 aromatic rings. The second-order valence-electron chi connectivity index (χ2n) is 7.27. The normalized spacial score (nSPS) is 26.7. The second kappa shape index (κ2) is 7.01. The van der Waals surface area contributed by atoms with Crippen LogP contribution in [0.3, 0.4) is 0 Å². The molecule has 0 bridgehead atoms. The van der Waals surface area contributed by atoms with Gasteiger partial charge in [0, 0.05) is 23.5 Å². The first-order valence-corrected chi connectivity index (χ1v) is 11.9. The van der Waals surface area contributed by atoms with E-state index < -0.39 is 10.0 Å². The molecule has 1 amide bonds. The molecule has 4 aliphatic heterocycles. The van der Waals surface area contributed by atoms with Crippen molar-refractivity contribution in [1.29, 1.82) is 0 Å². The molecule has 1 aromatic carbocycles. The molecule has 5 rings (SSSR count). The lowest BCUT2D eigenvalue weighted by atomic mass is 10.00. The van der Waals surface area contributed by atoms with Crippen LogP contribution >= 0.6 is 11.8 Å². The first-order valence-electron chi connectivity index (χ1n) is 9.48. The fourth-order valence-electron chi connectivity index (χ4n) is 4.12. The lowest BCUT2D eigenvalue weighted by Crippen LogP contribution is -2.50. The number of fused-ring (bicyclic) bond motifs is 3. The van der Waals surface area contributed by atoms with E-state index in [0.29, 0.717) is 37.0 Å². The smallest absolute Gasteiger partial charge is 0.257 e.